The van der Waals surface area contributed by atoms with Gasteiger partial charge in [0.25, 0.3) is 0 Å². The minimum atomic E-state index is 0. The third-order valence-electron chi connectivity index (χ3n) is 3.79. The van der Waals surface area contributed by atoms with Crippen molar-refractivity contribution in [1.82, 2.24) is 0 Å². The van der Waals surface area contributed by atoms with Crippen LogP contribution in [-0.2, 0) is 0 Å². The summed E-state index contributed by atoms with van der Waals surface area (Å²) < 4.78 is 0. The summed E-state index contributed by atoms with van der Waals surface area (Å²) >= 11 is 0. The molecule has 103 valence electrons. The van der Waals surface area contributed by atoms with Crippen LogP contribution in [0.4, 0.5) is 0 Å². The van der Waals surface area contributed by atoms with Gasteiger partial charge in [0.05, 0.1) is 0 Å². The highest BCUT2D eigenvalue weighted by atomic mass is 31.1. The van der Waals surface area contributed by atoms with Gasteiger partial charge in [0.1, 0.15) is 0 Å². The number of hydrogen-bond donors (Lipinski definition) is 0. The molecule has 0 aromatic heterocycles. The van der Waals surface area contributed by atoms with E-state index in [2.05, 4.69) is 84.9 Å². The predicted molar refractivity (Wildman–Crippen MR) is 101 cm³/mol. The highest BCUT2D eigenvalue weighted by Crippen LogP contribution is 2.19. The van der Waals surface area contributed by atoms with Gasteiger partial charge in [-0.3, -0.25) is 0 Å². The molecule has 0 saturated carbocycles. The molecule has 0 amide bonds. The number of hydrogen-bond acceptors (Lipinski definition) is 0. The average molecular weight is 297 g/mol. The first-order valence-corrected chi connectivity index (χ1v) is 8.13. The molecule has 0 saturated heterocycles. The first-order valence-electron chi connectivity index (χ1n) is 7.13. The highest BCUT2D eigenvalue weighted by Gasteiger charge is 2.00. The first-order chi connectivity index (χ1) is 10.4. The first kappa shape index (κ1) is 14.8. The molecule has 0 aliphatic heterocycles. The summed E-state index contributed by atoms with van der Waals surface area (Å²) in [6, 6.07) is 30.6. The van der Waals surface area contributed by atoms with Crippen LogP contribution in [0.1, 0.15) is 0 Å². The lowest BCUT2D eigenvalue weighted by Gasteiger charge is -2.06. The predicted octanol–water partition coefficient (Wildman–Crippen LogP) is 4.24. The Labute approximate surface area is 134 Å². The summed E-state index contributed by atoms with van der Waals surface area (Å²) in [5, 5.41) is 8.05. The molecule has 0 aliphatic rings. The summed E-state index contributed by atoms with van der Waals surface area (Å²) in [5.74, 6) is 0. The van der Waals surface area contributed by atoms with Crippen LogP contribution in [-0.4, -0.2) is 8.41 Å². The number of fused-ring (bicyclic) bond motifs is 2. The Bertz CT molecular complexity index is 853. The van der Waals surface area contributed by atoms with Crippen molar-refractivity contribution in [2.45, 2.75) is 0 Å². The molecule has 3 radical (unpaired) electrons. The Kier molecular flexibility index (Phi) is 4.27. The maximum atomic E-state index is 2.31. The van der Waals surface area contributed by atoms with E-state index in [1.54, 1.807) is 0 Å². The van der Waals surface area contributed by atoms with Crippen LogP contribution in [0, 0.1) is 0 Å². The van der Waals surface area contributed by atoms with Crippen LogP contribution in [0.3, 0.4) is 0 Å². The van der Waals surface area contributed by atoms with Gasteiger partial charge in [0.15, 0.2) is 0 Å². The second-order valence-corrected chi connectivity index (χ2v) is 6.65. The summed E-state index contributed by atoms with van der Waals surface area (Å²) in [6.45, 7) is 0. The van der Waals surface area contributed by atoms with Crippen molar-refractivity contribution in [3.05, 3.63) is 84.9 Å². The Hall–Kier alpha value is -2.11. The topological polar surface area (TPSA) is 0 Å². The molecule has 0 N–H and O–H groups in total. The van der Waals surface area contributed by atoms with E-state index in [1.165, 1.54) is 32.2 Å². The lowest BCUT2D eigenvalue weighted by molar-refractivity contribution is 1.78. The van der Waals surface area contributed by atoms with Gasteiger partial charge >= 0.3 is 0 Å². The van der Waals surface area contributed by atoms with Gasteiger partial charge in [-0.15, -0.1) is 0 Å². The van der Waals surface area contributed by atoms with Crippen molar-refractivity contribution in [3.63, 3.8) is 0 Å². The molecular weight excluding hydrogens is 282 g/mol. The van der Waals surface area contributed by atoms with Crippen LogP contribution < -0.4 is 10.6 Å². The minimum Gasteiger partial charge on any atom is -0.0616 e. The molecule has 4 rings (SSSR count). The van der Waals surface area contributed by atoms with Crippen molar-refractivity contribution < 1.29 is 0 Å². The van der Waals surface area contributed by atoms with E-state index in [0.717, 1.165) is 0 Å². The summed E-state index contributed by atoms with van der Waals surface area (Å²) in [5.41, 5.74) is 0. The van der Waals surface area contributed by atoms with Crippen LogP contribution in [0.5, 0.6) is 0 Å². The van der Waals surface area contributed by atoms with Crippen LogP contribution in [0.2, 0.25) is 0 Å². The van der Waals surface area contributed by atoms with Gasteiger partial charge in [-0.2, -0.15) is 0 Å². The summed E-state index contributed by atoms with van der Waals surface area (Å²) in [4.78, 5) is 0. The zero-order chi connectivity index (χ0) is 14.1. The van der Waals surface area contributed by atoms with Crippen molar-refractivity contribution in [3.8, 4) is 0 Å². The Morgan fingerprint density at radius 1 is 0.455 bits per heavy atom. The molecule has 4 aromatic rings. The molecule has 0 spiro atoms. The standard InChI is InChI=1S/C20H15P.B/c1-3-7-17-13-19(11-9-15(17)5-1)21-20-12-10-16-6-2-4-8-18(16)14-20;/h1-14,21H;. The highest BCUT2D eigenvalue weighted by molar-refractivity contribution is 7.55. The lowest BCUT2D eigenvalue weighted by atomic mass is 10.1. The maximum absolute atomic E-state index is 2.31. The zero-order valence-corrected chi connectivity index (χ0v) is 13.2. The second-order valence-electron chi connectivity index (χ2n) is 5.25. The van der Waals surface area contributed by atoms with Crippen LogP contribution in [0.25, 0.3) is 21.5 Å². The van der Waals surface area contributed by atoms with Crippen molar-refractivity contribution in [2.75, 3.05) is 0 Å². The van der Waals surface area contributed by atoms with Crippen molar-refractivity contribution in [1.29, 1.82) is 0 Å². The SMILES string of the molecule is [B].c1ccc2cc(Pc3ccc4ccccc4c3)ccc2c1. The maximum Gasteiger partial charge on any atom is 0 e. The van der Waals surface area contributed by atoms with Gasteiger partial charge in [-0.05, 0) is 44.3 Å². The molecule has 22 heavy (non-hydrogen) atoms. The molecule has 0 aliphatic carbocycles. The molecule has 0 atom stereocenters. The van der Waals surface area contributed by atoms with Gasteiger partial charge < -0.3 is 0 Å². The average Bonchev–Trinajstić information content (AvgIpc) is 2.55. The largest absolute Gasteiger partial charge is 0.0616 e. The lowest BCUT2D eigenvalue weighted by Crippen LogP contribution is -2.02. The minimum absolute atomic E-state index is 0. The Balaban J connectivity index is 0.00000144. The van der Waals surface area contributed by atoms with Crippen molar-refractivity contribution in [2.24, 2.45) is 0 Å². The summed E-state index contributed by atoms with van der Waals surface area (Å²) in [7, 11) is 0.703. The molecule has 0 unspecified atom stereocenters. The molecule has 2 heteroatoms. The Morgan fingerprint density at radius 2 is 0.864 bits per heavy atom. The second kappa shape index (κ2) is 6.34. The molecule has 0 bridgehead atoms. The van der Waals surface area contributed by atoms with E-state index < -0.39 is 0 Å². The van der Waals surface area contributed by atoms with Gasteiger partial charge in [0, 0.05) is 8.41 Å². The van der Waals surface area contributed by atoms with Gasteiger partial charge in [-0.1, -0.05) is 81.4 Å². The quantitative estimate of drug-likeness (QED) is 0.383. The normalized spacial score (nSPS) is 10.5. The van der Waals surface area contributed by atoms with Gasteiger partial charge in [-0.25, -0.2) is 0 Å². The number of benzene rings is 4. The van der Waals surface area contributed by atoms with Crippen molar-refractivity contribution >= 4 is 49.1 Å². The van der Waals surface area contributed by atoms with Crippen LogP contribution in [0.15, 0.2) is 84.9 Å². The molecule has 4 aromatic carbocycles. The van der Waals surface area contributed by atoms with E-state index in [9.17, 15) is 0 Å². The molecule has 0 nitrogen and oxygen atoms in total. The fourth-order valence-electron chi connectivity index (χ4n) is 2.70. The summed E-state index contributed by atoms with van der Waals surface area (Å²) in [6.07, 6.45) is 0. The molecule has 0 fully saturated rings. The van der Waals surface area contributed by atoms with E-state index in [0.29, 0.717) is 8.58 Å². The monoisotopic (exact) mass is 297 g/mol. The fraction of sp³-hybridized carbons (Fsp3) is 0. The Morgan fingerprint density at radius 3 is 1.32 bits per heavy atom. The van der Waals surface area contributed by atoms with E-state index in [4.69, 9.17) is 0 Å². The van der Waals surface area contributed by atoms with E-state index in [-0.39, 0.29) is 8.41 Å². The number of rotatable bonds is 2. The zero-order valence-electron chi connectivity index (χ0n) is 12.2. The fourth-order valence-corrected chi connectivity index (χ4v) is 3.82. The third kappa shape index (κ3) is 2.91. The third-order valence-corrected chi connectivity index (χ3v) is 4.99. The van der Waals surface area contributed by atoms with Gasteiger partial charge in [0.2, 0.25) is 0 Å². The van der Waals surface area contributed by atoms with Crippen LogP contribution >= 0.6 is 8.58 Å². The molecule has 0 heterocycles. The molecular formula is C20H15BP. The smallest absolute Gasteiger partial charge is 0 e. The van der Waals surface area contributed by atoms with E-state index >= 15 is 0 Å². The van der Waals surface area contributed by atoms with E-state index in [1.807, 2.05) is 0 Å².